The van der Waals surface area contributed by atoms with Crippen molar-refractivity contribution < 1.29 is 13.5 Å². The van der Waals surface area contributed by atoms with Gasteiger partial charge in [0.25, 0.3) is 0 Å². The van der Waals surface area contributed by atoms with Crippen LogP contribution in [0.1, 0.15) is 31.3 Å². The highest BCUT2D eigenvalue weighted by atomic mass is 35.5. The zero-order chi connectivity index (χ0) is 20.3. The number of ether oxygens (including phenoxy) is 1. The summed E-state index contributed by atoms with van der Waals surface area (Å²) in [5.41, 5.74) is 1.00. The highest BCUT2D eigenvalue weighted by Crippen LogP contribution is 2.29. The summed E-state index contributed by atoms with van der Waals surface area (Å²) in [6, 6.07) is 8.65. The minimum atomic E-state index is -0.761. The van der Waals surface area contributed by atoms with Crippen molar-refractivity contribution in [3.63, 3.8) is 0 Å². The number of halogens is 4. The summed E-state index contributed by atoms with van der Waals surface area (Å²) in [7, 11) is 0. The van der Waals surface area contributed by atoms with Crippen LogP contribution in [0.2, 0.25) is 10.0 Å². The molecular weight excluding hydrogens is 427 g/mol. The Morgan fingerprint density at radius 2 is 1.89 bits per heavy atom. The first-order valence-corrected chi connectivity index (χ1v) is 10.2. The Morgan fingerprint density at radius 3 is 2.57 bits per heavy atom. The molecule has 3 aromatic rings. The van der Waals surface area contributed by atoms with Gasteiger partial charge in [0.15, 0.2) is 28.7 Å². The summed E-state index contributed by atoms with van der Waals surface area (Å²) in [4.78, 5) is 0. The van der Waals surface area contributed by atoms with Crippen molar-refractivity contribution in [2.75, 3.05) is 0 Å². The van der Waals surface area contributed by atoms with Crippen molar-refractivity contribution >= 4 is 35.0 Å². The second-order valence-corrected chi connectivity index (χ2v) is 7.71. The Morgan fingerprint density at radius 1 is 1.11 bits per heavy atom. The molecule has 0 radical (unpaired) electrons. The molecule has 0 saturated heterocycles. The second kappa shape index (κ2) is 9.11. The van der Waals surface area contributed by atoms with Crippen LogP contribution in [0.25, 0.3) is 0 Å². The molecule has 9 heteroatoms. The third-order valence-electron chi connectivity index (χ3n) is 3.97. The molecule has 1 aromatic heterocycles. The van der Waals surface area contributed by atoms with E-state index in [2.05, 4.69) is 10.2 Å². The van der Waals surface area contributed by atoms with Crippen molar-refractivity contribution in [2.45, 2.75) is 37.4 Å². The van der Waals surface area contributed by atoms with Crippen LogP contribution < -0.4 is 4.74 Å². The van der Waals surface area contributed by atoms with Crippen LogP contribution >= 0.6 is 35.0 Å². The number of rotatable bonds is 7. The minimum Gasteiger partial charge on any atom is -0.480 e. The largest absolute Gasteiger partial charge is 0.480 e. The summed E-state index contributed by atoms with van der Waals surface area (Å²) >= 11 is 13.5. The normalized spacial score (nSPS) is 12.2. The van der Waals surface area contributed by atoms with E-state index in [4.69, 9.17) is 27.9 Å². The molecule has 0 aliphatic carbocycles. The molecule has 1 heterocycles. The Bertz CT molecular complexity index is 984. The van der Waals surface area contributed by atoms with Gasteiger partial charge >= 0.3 is 0 Å². The van der Waals surface area contributed by atoms with E-state index in [0.29, 0.717) is 33.3 Å². The van der Waals surface area contributed by atoms with Crippen LogP contribution in [-0.4, -0.2) is 14.8 Å². The lowest BCUT2D eigenvalue weighted by Crippen LogP contribution is -2.12. The molecule has 0 aliphatic rings. The molecule has 3 rings (SSSR count). The van der Waals surface area contributed by atoms with Gasteiger partial charge in [0, 0.05) is 18.4 Å². The molecule has 0 N–H and O–H groups in total. The fourth-order valence-corrected chi connectivity index (χ4v) is 3.87. The first-order chi connectivity index (χ1) is 13.4. The Labute approximate surface area is 175 Å². The SMILES string of the molecule is CCn1c(SCc2ccc(Cl)c(Cl)c2)nnc1C(C)Oc1ccc(F)cc1F. The quantitative estimate of drug-likeness (QED) is 0.400. The van der Waals surface area contributed by atoms with Crippen molar-refractivity contribution in [1.82, 2.24) is 14.8 Å². The maximum atomic E-state index is 13.9. The maximum absolute atomic E-state index is 13.9. The molecule has 28 heavy (non-hydrogen) atoms. The molecule has 0 fully saturated rings. The molecule has 148 valence electrons. The molecule has 4 nitrogen and oxygen atoms in total. The van der Waals surface area contributed by atoms with Gasteiger partial charge < -0.3 is 9.30 Å². The predicted octanol–water partition coefficient (Wildman–Crippen LogP) is 6.32. The van der Waals surface area contributed by atoms with Crippen molar-refractivity contribution in [3.05, 3.63) is 69.5 Å². The van der Waals surface area contributed by atoms with Gasteiger partial charge in [0.1, 0.15) is 5.82 Å². The highest BCUT2D eigenvalue weighted by molar-refractivity contribution is 7.98. The Balaban J connectivity index is 1.74. The van der Waals surface area contributed by atoms with Crippen molar-refractivity contribution in [2.24, 2.45) is 0 Å². The highest BCUT2D eigenvalue weighted by Gasteiger charge is 2.20. The number of benzene rings is 2. The van der Waals surface area contributed by atoms with Gasteiger partial charge in [-0.3, -0.25) is 0 Å². The first-order valence-electron chi connectivity index (χ1n) is 8.50. The summed E-state index contributed by atoms with van der Waals surface area (Å²) < 4.78 is 34.4. The van der Waals surface area contributed by atoms with E-state index in [1.54, 1.807) is 13.0 Å². The number of hydrogen-bond donors (Lipinski definition) is 0. The topological polar surface area (TPSA) is 39.9 Å². The van der Waals surface area contributed by atoms with Crippen LogP contribution in [-0.2, 0) is 12.3 Å². The van der Waals surface area contributed by atoms with Crippen LogP contribution in [0.5, 0.6) is 5.75 Å². The predicted molar refractivity (Wildman–Crippen MR) is 107 cm³/mol. The first kappa shape index (κ1) is 20.9. The lowest BCUT2D eigenvalue weighted by molar-refractivity contribution is 0.200. The molecule has 0 saturated carbocycles. The van der Waals surface area contributed by atoms with E-state index in [1.807, 2.05) is 23.6 Å². The van der Waals surface area contributed by atoms with E-state index < -0.39 is 17.7 Å². The van der Waals surface area contributed by atoms with Crippen LogP contribution in [0.4, 0.5) is 8.78 Å². The fraction of sp³-hybridized carbons (Fsp3) is 0.263. The summed E-state index contributed by atoms with van der Waals surface area (Å²) in [6.45, 7) is 4.32. The summed E-state index contributed by atoms with van der Waals surface area (Å²) in [5, 5.41) is 10.1. The fourth-order valence-electron chi connectivity index (χ4n) is 2.60. The van der Waals surface area contributed by atoms with Crippen LogP contribution in [0, 0.1) is 11.6 Å². The third kappa shape index (κ3) is 4.77. The standard InChI is InChI=1S/C19H17Cl2F2N3OS/c1-3-26-18(11(2)27-17-7-5-13(22)9-16(17)23)24-25-19(26)28-10-12-4-6-14(20)15(21)8-12/h4-9,11H,3,10H2,1-2H3. The van der Waals surface area contributed by atoms with E-state index in [0.717, 1.165) is 17.7 Å². The third-order valence-corrected chi connectivity index (χ3v) is 5.75. The zero-order valence-corrected chi connectivity index (χ0v) is 17.5. The van der Waals surface area contributed by atoms with E-state index in [1.165, 1.54) is 17.8 Å². The van der Waals surface area contributed by atoms with Crippen molar-refractivity contribution in [3.8, 4) is 5.75 Å². The van der Waals surface area contributed by atoms with Crippen LogP contribution in [0.3, 0.4) is 0 Å². The Kier molecular flexibility index (Phi) is 6.80. The molecule has 0 amide bonds. The molecular formula is C19H17Cl2F2N3OS. The number of thioether (sulfide) groups is 1. The van der Waals surface area contributed by atoms with Gasteiger partial charge in [0.2, 0.25) is 0 Å². The number of aromatic nitrogens is 3. The summed E-state index contributed by atoms with van der Waals surface area (Å²) in [6.07, 6.45) is -0.563. The maximum Gasteiger partial charge on any atom is 0.191 e. The Hall–Kier alpha value is -1.83. The van der Waals surface area contributed by atoms with Gasteiger partial charge in [-0.1, -0.05) is 41.0 Å². The monoisotopic (exact) mass is 443 g/mol. The molecule has 1 unspecified atom stereocenters. The number of nitrogens with zero attached hydrogens (tertiary/aromatic N) is 3. The molecule has 0 aliphatic heterocycles. The lowest BCUT2D eigenvalue weighted by Gasteiger charge is -2.16. The van der Waals surface area contributed by atoms with Gasteiger partial charge in [-0.15, -0.1) is 10.2 Å². The van der Waals surface area contributed by atoms with Gasteiger partial charge in [-0.2, -0.15) is 0 Å². The second-order valence-electron chi connectivity index (χ2n) is 5.96. The van der Waals surface area contributed by atoms with E-state index in [9.17, 15) is 8.78 Å². The molecule has 0 bridgehead atoms. The summed E-state index contributed by atoms with van der Waals surface area (Å²) in [5.74, 6) is -0.261. The van der Waals surface area contributed by atoms with Crippen molar-refractivity contribution in [1.29, 1.82) is 0 Å². The molecule has 2 aromatic carbocycles. The van der Waals surface area contributed by atoms with Crippen LogP contribution in [0.15, 0.2) is 41.6 Å². The lowest BCUT2D eigenvalue weighted by atomic mass is 10.2. The van der Waals surface area contributed by atoms with E-state index >= 15 is 0 Å². The number of hydrogen-bond acceptors (Lipinski definition) is 4. The average molecular weight is 444 g/mol. The van der Waals surface area contributed by atoms with Gasteiger partial charge in [-0.05, 0) is 43.7 Å². The average Bonchev–Trinajstić information content (AvgIpc) is 3.08. The minimum absolute atomic E-state index is 0.0374. The molecule has 0 spiro atoms. The zero-order valence-electron chi connectivity index (χ0n) is 15.1. The van der Waals surface area contributed by atoms with Gasteiger partial charge in [-0.25, -0.2) is 8.78 Å². The molecule has 1 atom stereocenters. The van der Waals surface area contributed by atoms with E-state index in [-0.39, 0.29) is 5.75 Å². The van der Waals surface area contributed by atoms with Gasteiger partial charge in [0.05, 0.1) is 10.0 Å². The smallest absolute Gasteiger partial charge is 0.191 e.